The van der Waals surface area contributed by atoms with Crippen molar-refractivity contribution in [3.05, 3.63) is 59.9 Å². The first-order valence-electron chi connectivity index (χ1n) is 7.33. The molecule has 4 nitrogen and oxygen atoms in total. The molecule has 2 aromatic carbocycles. The molecule has 1 fully saturated rings. The molecule has 0 saturated carbocycles. The molecule has 0 atom stereocenters. The van der Waals surface area contributed by atoms with Gasteiger partial charge in [0.1, 0.15) is 22.3 Å². The SMILES string of the molecule is O=S(=O)(c1ccc(F)cc1F)N1CCN(c2ccc(F)cc2)CC1. The van der Waals surface area contributed by atoms with E-state index in [0.717, 1.165) is 17.8 Å². The molecule has 0 bridgehead atoms. The molecule has 0 N–H and O–H groups in total. The molecule has 2 aromatic rings. The molecule has 0 aliphatic carbocycles. The van der Waals surface area contributed by atoms with Gasteiger partial charge >= 0.3 is 0 Å². The summed E-state index contributed by atoms with van der Waals surface area (Å²) in [5, 5.41) is 0. The number of hydrogen-bond donors (Lipinski definition) is 0. The molecule has 1 saturated heterocycles. The van der Waals surface area contributed by atoms with E-state index in [9.17, 15) is 21.6 Å². The van der Waals surface area contributed by atoms with Crippen LogP contribution in [0.15, 0.2) is 47.4 Å². The normalized spacial score (nSPS) is 16.4. The van der Waals surface area contributed by atoms with Crippen LogP contribution in [0.5, 0.6) is 0 Å². The fraction of sp³-hybridized carbons (Fsp3) is 0.250. The molecule has 0 aromatic heterocycles. The van der Waals surface area contributed by atoms with Gasteiger partial charge in [-0.25, -0.2) is 21.6 Å². The Morgan fingerprint density at radius 3 is 1.96 bits per heavy atom. The molecule has 128 valence electrons. The lowest BCUT2D eigenvalue weighted by atomic mass is 10.2. The minimum absolute atomic E-state index is 0.163. The first-order valence-corrected chi connectivity index (χ1v) is 8.77. The zero-order valence-corrected chi connectivity index (χ0v) is 13.4. The van der Waals surface area contributed by atoms with Crippen molar-refractivity contribution in [1.29, 1.82) is 0 Å². The minimum Gasteiger partial charge on any atom is -0.369 e. The zero-order valence-electron chi connectivity index (χ0n) is 12.6. The second kappa shape index (κ2) is 6.45. The van der Waals surface area contributed by atoms with E-state index in [1.54, 1.807) is 12.1 Å². The Morgan fingerprint density at radius 1 is 0.792 bits per heavy atom. The highest BCUT2D eigenvalue weighted by Gasteiger charge is 2.30. The standard InChI is InChI=1S/C16H15F3N2O2S/c17-12-1-4-14(5-2-12)20-7-9-21(10-8-20)24(22,23)16-6-3-13(18)11-15(16)19/h1-6,11H,7-10H2. The van der Waals surface area contributed by atoms with Gasteiger partial charge < -0.3 is 4.90 Å². The highest BCUT2D eigenvalue weighted by Crippen LogP contribution is 2.23. The first kappa shape index (κ1) is 16.8. The highest BCUT2D eigenvalue weighted by molar-refractivity contribution is 7.89. The maximum atomic E-state index is 13.8. The van der Waals surface area contributed by atoms with E-state index in [2.05, 4.69) is 0 Å². The number of piperazine rings is 1. The Hall–Kier alpha value is -2.06. The van der Waals surface area contributed by atoms with Gasteiger partial charge in [-0.15, -0.1) is 0 Å². The monoisotopic (exact) mass is 356 g/mol. The molecule has 0 radical (unpaired) electrons. The van der Waals surface area contributed by atoms with Crippen molar-refractivity contribution in [1.82, 2.24) is 4.31 Å². The van der Waals surface area contributed by atoms with Crippen molar-refractivity contribution in [3.8, 4) is 0 Å². The van der Waals surface area contributed by atoms with Crippen molar-refractivity contribution >= 4 is 15.7 Å². The Kier molecular flexibility index (Phi) is 4.51. The van der Waals surface area contributed by atoms with E-state index in [4.69, 9.17) is 0 Å². The maximum absolute atomic E-state index is 13.8. The number of nitrogens with zero attached hydrogens (tertiary/aromatic N) is 2. The summed E-state index contributed by atoms with van der Waals surface area (Å²) in [5.74, 6) is -2.27. The summed E-state index contributed by atoms with van der Waals surface area (Å²) in [5.41, 5.74) is 0.793. The van der Waals surface area contributed by atoms with Crippen LogP contribution in [-0.4, -0.2) is 38.9 Å². The summed E-state index contributed by atoms with van der Waals surface area (Å²) in [6.45, 7) is 1.12. The summed E-state index contributed by atoms with van der Waals surface area (Å²) in [7, 11) is -4.02. The Bertz CT molecular complexity index is 833. The van der Waals surface area contributed by atoms with Crippen LogP contribution in [0.2, 0.25) is 0 Å². The third-order valence-corrected chi connectivity index (χ3v) is 5.87. The molecule has 0 amide bonds. The topological polar surface area (TPSA) is 40.6 Å². The van der Waals surface area contributed by atoms with Crippen LogP contribution in [0.4, 0.5) is 18.9 Å². The largest absolute Gasteiger partial charge is 0.369 e. The lowest BCUT2D eigenvalue weighted by molar-refractivity contribution is 0.382. The van der Waals surface area contributed by atoms with Gasteiger partial charge in [-0.2, -0.15) is 4.31 Å². The number of halogens is 3. The van der Waals surface area contributed by atoms with Crippen molar-refractivity contribution in [3.63, 3.8) is 0 Å². The van der Waals surface area contributed by atoms with Crippen LogP contribution < -0.4 is 4.90 Å². The second-order valence-electron chi connectivity index (χ2n) is 5.44. The number of anilines is 1. The van der Waals surface area contributed by atoms with Gasteiger partial charge in [0.2, 0.25) is 10.0 Å². The number of sulfonamides is 1. The van der Waals surface area contributed by atoms with E-state index >= 15 is 0 Å². The van der Waals surface area contributed by atoms with Gasteiger partial charge in [-0.1, -0.05) is 0 Å². The van der Waals surface area contributed by atoms with Gasteiger partial charge in [-0.05, 0) is 36.4 Å². The summed E-state index contributed by atoms with van der Waals surface area (Å²) in [6, 6.07) is 8.34. The lowest BCUT2D eigenvalue weighted by Gasteiger charge is -2.35. The Balaban J connectivity index is 1.75. The number of benzene rings is 2. The Morgan fingerprint density at radius 2 is 1.38 bits per heavy atom. The summed E-state index contributed by atoms with van der Waals surface area (Å²) >= 11 is 0. The summed E-state index contributed by atoms with van der Waals surface area (Å²) in [6.07, 6.45) is 0. The van der Waals surface area contributed by atoms with Crippen LogP contribution in [0.1, 0.15) is 0 Å². The lowest BCUT2D eigenvalue weighted by Crippen LogP contribution is -2.48. The van der Waals surface area contributed by atoms with E-state index < -0.39 is 26.6 Å². The van der Waals surface area contributed by atoms with Crippen molar-refractivity contribution < 1.29 is 21.6 Å². The summed E-state index contributed by atoms with van der Waals surface area (Å²) in [4.78, 5) is 1.39. The van der Waals surface area contributed by atoms with Crippen LogP contribution in [-0.2, 0) is 10.0 Å². The van der Waals surface area contributed by atoms with Gasteiger partial charge in [0, 0.05) is 37.9 Å². The third kappa shape index (κ3) is 3.25. The van der Waals surface area contributed by atoms with E-state index in [0.29, 0.717) is 19.2 Å². The number of rotatable bonds is 3. The fourth-order valence-electron chi connectivity index (χ4n) is 2.66. The molecular weight excluding hydrogens is 341 g/mol. The zero-order chi connectivity index (χ0) is 17.3. The van der Waals surface area contributed by atoms with Crippen LogP contribution >= 0.6 is 0 Å². The van der Waals surface area contributed by atoms with E-state index in [-0.39, 0.29) is 18.9 Å². The molecule has 24 heavy (non-hydrogen) atoms. The molecule has 3 rings (SSSR count). The quantitative estimate of drug-likeness (QED) is 0.849. The van der Waals surface area contributed by atoms with Crippen LogP contribution in [0, 0.1) is 17.5 Å². The highest BCUT2D eigenvalue weighted by atomic mass is 32.2. The van der Waals surface area contributed by atoms with Gasteiger partial charge in [0.05, 0.1) is 0 Å². The maximum Gasteiger partial charge on any atom is 0.246 e. The third-order valence-electron chi connectivity index (χ3n) is 3.94. The second-order valence-corrected chi connectivity index (χ2v) is 7.35. The molecule has 8 heteroatoms. The molecule has 1 aliphatic rings. The van der Waals surface area contributed by atoms with Gasteiger partial charge in [-0.3, -0.25) is 0 Å². The van der Waals surface area contributed by atoms with Crippen LogP contribution in [0.3, 0.4) is 0 Å². The van der Waals surface area contributed by atoms with Crippen molar-refractivity contribution in [2.75, 3.05) is 31.1 Å². The smallest absolute Gasteiger partial charge is 0.246 e. The predicted octanol–water partition coefficient (Wildman–Crippen LogP) is 2.61. The van der Waals surface area contributed by atoms with Crippen molar-refractivity contribution in [2.24, 2.45) is 0 Å². The Labute approximate surface area is 138 Å². The number of hydrogen-bond acceptors (Lipinski definition) is 3. The molecule has 0 unspecified atom stereocenters. The average molecular weight is 356 g/mol. The molecule has 0 spiro atoms. The molecule has 1 aliphatic heterocycles. The van der Waals surface area contributed by atoms with E-state index in [1.165, 1.54) is 16.4 Å². The van der Waals surface area contributed by atoms with Gasteiger partial charge in [0.25, 0.3) is 0 Å². The first-order chi connectivity index (χ1) is 11.4. The average Bonchev–Trinajstić information content (AvgIpc) is 2.55. The fourth-order valence-corrected chi connectivity index (χ4v) is 4.13. The summed E-state index contributed by atoms with van der Waals surface area (Å²) < 4.78 is 65.9. The molecular formula is C16H15F3N2O2S. The van der Waals surface area contributed by atoms with E-state index in [1.807, 2.05) is 4.90 Å². The minimum atomic E-state index is -4.02. The van der Waals surface area contributed by atoms with Crippen molar-refractivity contribution in [2.45, 2.75) is 4.90 Å². The van der Waals surface area contributed by atoms with Crippen LogP contribution in [0.25, 0.3) is 0 Å². The van der Waals surface area contributed by atoms with Gasteiger partial charge in [0.15, 0.2) is 0 Å². The molecule has 1 heterocycles. The predicted molar refractivity (Wildman–Crippen MR) is 83.7 cm³/mol.